The van der Waals surface area contributed by atoms with Crippen molar-refractivity contribution in [1.82, 2.24) is 10.3 Å². The molecule has 0 aliphatic heterocycles. The van der Waals surface area contributed by atoms with Gasteiger partial charge in [-0.25, -0.2) is 4.98 Å². The number of ether oxygens (including phenoxy) is 1. The van der Waals surface area contributed by atoms with Crippen molar-refractivity contribution < 1.29 is 4.74 Å². The van der Waals surface area contributed by atoms with Crippen molar-refractivity contribution in [2.45, 2.75) is 26.8 Å². The molecule has 0 spiro atoms. The Bertz CT molecular complexity index is 597. The van der Waals surface area contributed by atoms with E-state index >= 15 is 0 Å². The Kier molecular flexibility index (Phi) is 5.20. The summed E-state index contributed by atoms with van der Waals surface area (Å²) in [4.78, 5) is 8.10. The second-order valence-corrected chi connectivity index (χ2v) is 6.00. The number of hydrogen-bond donors (Lipinski definition) is 1. The zero-order valence-corrected chi connectivity index (χ0v) is 14.1. The Hall–Kier alpha value is -1.59. The van der Waals surface area contributed by atoms with Gasteiger partial charge in [-0.1, -0.05) is 24.3 Å². The molecule has 2 rings (SSSR count). The largest absolute Gasteiger partial charge is 0.497 e. The van der Waals surface area contributed by atoms with Crippen LogP contribution in [0.5, 0.6) is 5.75 Å². The number of hydrogen-bond acceptors (Lipinski definition) is 5. The molecule has 0 radical (unpaired) electrons. The molecule has 1 atom stereocenters. The van der Waals surface area contributed by atoms with Gasteiger partial charge in [0.1, 0.15) is 5.75 Å². The molecule has 1 heterocycles. The maximum absolute atomic E-state index is 5.29. The van der Waals surface area contributed by atoms with Gasteiger partial charge in [-0.05, 0) is 32.5 Å². The number of aryl methyl sites for hydroxylation is 1. The summed E-state index contributed by atoms with van der Waals surface area (Å²) in [5.41, 5.74) is 2.17. The first kappa shape index (κ1) is 15.8. The number of nitrogens with zero attached hydrogens (tertiary/aromatic N) is 2. The molecule has 0 bridgehead atoms. The molecule has 0 aliphatic rings. The van der Waals surface area contributed by atoms with E-state index in [1.165, 1.54) is 4.88 Å². The van der Waals surface area contributed by atoms with Crippen LogP contribution in [0.4, 0.5) is 10.8 Å². The minimum atomic E-state index is 0.333. The summed E-state index contributed by atoms with van der Waals surface area (Å²) >= 11 is 1.74. The third-order valence-corrected chi connectivity index (χ3v) is 4.87. The van der Waals surface area contributed by atoms with Gasteiger partial charge in [0, 0.05) is 29.7 Å². The van der Waals surface area contributed by atoms with Gasteiger partial charge in [0.25, 0.3) is 0 Å². The quantitative estimate of drug-likeness (QED) is 0.878. The molecule has 0 aliphatic carbocycles. The minimum absolute atomic E-state index is 0.333. The van der Waals surface area contributed by atoms with Crippen LogP contribution in [0.2, 0.25) is 0 Å². The Morgan fingerprint density at radius 1 is 1.43 bits per heavy atom. The zero-order valence-electron chi connectivity index (χ0n) is 13.3. The van der Waals surface area contributed by atoms with E-state index in [0.717, 1.165) is 28.8 Å². The summed E-state index contributed by atoms with van der Waals surface area (Å²) in [5.74, 6) is 0.855. The van der Waals surface area contributed by atoms with Gasteiger partial charge in [0.05, 0.1) is 12.8 Å². The highest BCUT2D eigenvalue weighted by molar-refractivity contribution is 7.15. The Balaban J connectivity index is 2.27. The van der Waals surface area contributed by atoms with E-state index in [2.05, 4.69) is 37.1 Å². The molecule has 0 saturated carbocycles. The van der Waals surface area contributed by atoms with Crippen molar-refractivity contribution in [3.63, 3.8) is 0 Å². The van der Waals surface area contributed by atoms with Gasteiger partial charge >= 0.3 is 0 Å². The lowest BCUT2D eigenvalue weighted by Crippen LogP contribution is -2.17. The zero-order chi connectivity index (χ0) is 15.4. The van der Waals surface area contributed by atoms with Crippen molar-refractivity contribution in [2.75, 3.05) is 25.6 Å². The van der Waals surface area contributed by atoms with E-state index in [9.17, 15) is 0 Å². The third-order valence-electron chi connectivity index (χ3n) is 3.45. The molecule has 1 aromatic carbocycles. The average molecular weight is 305 g/mol. The van der Waals surface area contributed by atoms with E-state index in [1.54, 1.807) is 18.4 Å². The smallest absolute Gasteiger partial charge is 0.190 e. The first-order valence-corrected chi connectivity index (χ1v) is 7.97. The molecule has 114 valence electrons. The molecule has 1 aromatic heterocycles. The molecule has 1 N–H and O–H groups in total. The molecule has 4 nitrogen and oxygen atoms in total. The van der Waals surface area contributed by atoms with Gasteiger partial charge in [-0.3, -0.25) is 0 Å². The summed E-state index contributed by atoms with van der Waals surface area (Å²) in [6.45, 7) is 7.33. The number of benzene rings is 1. The van der Waals surface area contributed by atoms with Crippen LogP contribution in [0.1, 0.15) is 30.5 Å². The normalized spacial score (nSPS) is 12.2. The van der Waals surface area contributed by atoms with Crippen molar-refractivity contribution in [3.8, 4) is 5.75 Å². The van der Waals surface area contributed by atoms with Gasteiger partial charge < -0.3 is 15.0 Å². The molecule has 2 aromatic rings. The highest BCUT2D eigenvalue weighted by Crippen LogP contribution is 2.34. The van der Waals surface area contributed by atoms with E-state index in [-0.39, 0.29) is 0 Å². The fourth-order valence-corrected chi connectivity index (χ4v) is 3.34. The maximum Gasteiger partial charge on any atom is 0.190 e. The van der Waals surface area contributed by atoms with Crippen LogP contribution in [0, 0.1) is 6.92 Å². The van der Waals surface area contributed by atoms with Crippen molar-refractivity contribution in [3.05, 3.63) is 34.8 Å². The number of nitrogens with one attached hydrogen (secondary N) is 1. The first-order chi connectivity index (χ1) is 10.1. The SMILES string of the molecule is CCNC(C)c1sc(N(C)c2cccc(OC)c2)nc1C. The molecule has 5 heteroatoms. The maximum atomic E-state index is 5.29. The van der Waals surface area contributed by atoms with Gasteiger partial charge in [-0.2, -0.15) is 0 Å². The van der Waals surface area contributed by atoms with Gasteiger partial charge in [-0.15, -0.1) is 0 Å². The predicted octanol–water partition coefficient (Wildman–Crippen LogP) is 3.90. The Morgan fingerprint density at radius 3 is 2.86 bits per heavy atom. The second kappa shape index (κ2) is 6.91. The lowest BCUT2D eigenvalue weighted by atomic mass is 10.2. The van der Waals surface area contributed by atoms with Crippen LogP contribution in [0.15, 0.2) is 24.3 Å². The number of aromatic nitrogens is 1. The summed E-state index contributed by atoms with van der Waals surface area (Å²) in [6.07, 6.45) is 0. The summed E-state index contributed by atoms with van der Waals surface area (Å²) < 4.78 is 5.29. The average Bonchev–Trinajstić information content (AvgIpc) is 2.89. The fraction of sp³-hybridized carbons (Fsp3) is 0.438. The lowest BCUT2D eigenvalue weighted by molar-refractivity contribution is 0.415. The van der Waals surface area contributed by atoms with E-state index in [1.807, 2.05) is 25.2 Å². The Morgan fingerprint density at radius 2 is 2.19 bits per heavy atom. The van der Waals surface area contributed by atoms with Crippen LogP contribution in [0.25, 0.3) is 0 Å². The molecule has 1 unspecified atom stereocenters. The van der Waals surface area contributed by atoms with Gasteiger partial charge in [0.15, 0.2) is 5.13 Å². The van der Waals surface area contributed by atoms with Crippen LogP contribution in [0.3, 0.4) is 0 Å². The van der Waals surface area contributed by atoms with Crippen molar-refractivity contribution >= 4 is 22.2 Å². The molecular formula is C16H23N3OS. The molecular weight excluding hydrogens is 282 g/mol. The van der Waals surface area contributed by atoms with Gasteiger partial charge in [0.2, 0.25) is 0 Å². The summed E-state index contributed by atoms with van der Waals surface area (Å²) in [6, 6.07) is 8.35. The van der Waals surface area contributed by atoms with E-state index in [4.69, 9.17) is 9.72 Å². The van der Waals surface area contributed by atoms with Crippen LogP contribution in [-0.4, -0.2) is 25.7 Å². The monoisotopic (exact) mass is 305 g/mol. The molecule has 0 saturated heterocycles. The van der Waals surface area contributed by atoms with Crippen LogP contribution >= 0.6 is 11.3 Å². The summed E-state index contributed by atoms with van der Waals surface area (Å²) in [7, 11) is 3.72. The van der Waals surface area contributed by atoms with Crippen molar-refractivity contribution in [1.29, 1.82) is 0 Å². The molecule has 0 fully saturated rings. The predicted molar refractivity (Wildman–Crippen MR) is 90.0 cm³/mol. The van der Waals surface area contributed by atoms with Crippen LogP contribution in [-0.2, 0) is 0 Å². The van der Waals surface area contributed by atoms with Crippen LogP contribution < -0.4 is 15.0 Å². The minimum Gasteiger partial charge on any atom is -0.497 e. The lowest BCUT2D eigenvalue weighted by Gasteiger charge is -2.16. The Labute approximate surface area is 130 Å². The number of methoxy groups -OCH3 is 1. The van der Waals surface area contributed by atoms with E-state index in [0.29, 0.717) is 6.04 Å². The number of anilines is 2. The standard InChI is InChI=1S/C16H23N3OS/c1-6-17-11(2)15-12(3)18-16(21-15)19(4)13-8-7-9-14(10-13)20-5/h7-11,17H,6H2,1-5H3. The molecule has 21 heavy (non-hydrogen) atoms. The first-order valence-electron chi connectivity index (χ1n) is 7.15. The highest BCUT2D eigenvalue weighted by atomic mass is 32.1. The summed E-state index contributed by atoms with van der Waals surface area (Å²) in [5, 5.41) is 4.45. The number of thiazole rings is 1. The number of rotatable bonds is 6. The van der Waals surface area contributed by atoms with E-state index < -0.39 is 0 Å². The van der Waals surface area contributed by atoms with Crippen molar-refractivity contribution in [2.24, 2.45) is 0 Å². The molecule has 0 amide bonds. The third kappa shape index (κ3) is 3.54. The highest BCUT2D eigenvalue weighted by Gasteiger charge is 2.16. The fourth-order valence-electron chi connectivity index (χ4n) is 2.27. The topological polar surface area (TPSA) is 37.4 Å². The second-order valence-electron chi connectivity index (χ2n) is 4.99.